The van der Waals surface area contributed by atoms with E-state index in [4.69, 9.17) is 0 Å². The highest BCUT2D eigenvalue weighted by Gasteiger charge is 2.13. The third kappa shape index (κ3) is 5.09. The van der Waals surface area contributed by atoms with Crippen molar-refractivity contribution < 1.29 is 4.79 Å². The molecule has 4 heterocycles. The van der Waals surface area contributed by atoms with Crippen LogP contribution in [0.4, 0.5) is 16.3 Å². The molecule has 3 aromatic heterocycles. The average Bonchev–Trinajstić information content (AvgIpc) is 3.22. The molecule has 2 N–H and O–H groups in total. The summed E-state index contributed by atoms with van der Waals surface area (Å²) in [5.41, 5.74) is 1.54. The SMILES string of the molecule is CN1CCCN(c2ccc(CNC(=O)Nc3ccc(-n4cncn4)nc3)cn2)CC1. The minimum Gasteiger partial charge on any atom is -0.355 e. The van der Waals surface area contributed by atoms with E-state index in [2.05, 4.69) is 47.5 Å². The van der Waals surface area contributed by atoms with Gasteiger partial charge in [-0.15, -0.1) is 0 Å². The van der Waals surface area contributed by atoms with Crippen LogP contribution in [0.5, 0.6) is 0 Å². The number of nitrogens with zero attached hydrogens (tertiary/aromatic N) is 7. The number of carbonyl (C=O) groups excluding carboxylic acids is 1. The zero-order valence-corrected chi connectivity index (χ0v) is 16.9. The van der Waals surface area contributed by atoms with E-state index in [1.165, 1.54) is 6.33 Å². The summed E-state index contributed by atoms with van der Waals surface area (Å²) in [5.74, 6) is 1.61. The van der Waals surface area contributed by atoms with E-state index in [9.17, 15) is 4.79 Å². The maximum absolute atomic E-state index is 12.2. The standard InChI is InChI=1S/C20H25N9O/c1-27-7-2-8-28(10-9-27)18-5-3-16(11-22-18)12-24-20(30)26-17-4-6-19(23-13-17)29-15-21-14-25-29/h3-6,11,13-15H,2,7-10,12H2,1H3,(H2,24,26,30). The first-order valence-electron chi connectivity index (χ1n) is 9.92. The van der Waals surface area contributed by atoms with Gasteiger partial charge in [-0.3, -0.25) is 0 Å². The fourth-order valence-electron chi connectivity index (χ4n) is 3.26. The van der Waals surface area contributed by atoms with E-state index in [0.29, 0.717) is 18.1 Å². The Morgan fingerprint density at radius 1 is 1.03 bits per heavy atom. The third-order valence-electron chi connectivity index (χ3n) is 4.96. The molecule has 0 atom stereocenters. The molecule has 156 valence electrons. The van der Waals surface area contributed by atoms with Crippen molar-refractivity contribution >= 4 is 17.5 Å². The van der Waals surface area contributed by atoms with Crippen LogP contribution in [-0.4, -0.2) is 68.9 Å². The number of rotatable bonds is 5. The molecule has 10 heteroatoms. The largest absolute Gasteiger partial charge is 0.355 e. The summed E-state index contributed by atoms with van der Waals surface area (Å²) in [6.07, 6.45) is 7.53. The summed E-state index contributed by atoms with van der Waals surface area (Å²) in [6.45, 7) is 4.55. The fraction of sp³-hybridized carbons (Fsp3) is 0.350. The van der Waals surface area contributed by atoms with Gasteiger partial charge < -0.3 is 20.4 Å². The second-order valence-corrected chi connectivity index (χ2v) is 7.22. The predicted molar refractivity (Wildman–Crippen MR) is 114 cm³/mol. The number of anilines is 2. The van der Waals surface area contributed by atoms with Gasteiger partial charge in [0.15, 0.2) is 5.82 Å². The van der Waals surface area contributed by atoms with Crippen LogP contribution in [0, 0.1) is 0 Å². The highest BCUT2D eigenvalue weighted by Crippen LogP contribution is 2.14. The molecular weight excluding hydrogens is 382 g/mol. The molecule has 1 aliphatic rings. The minimum absolute atomic E-state index is 0.301. The van der Waals surface area contributed by atoms with Crippen LogP contribution in [0.2, 0.25) is 0 Å². The number of nitrogens with one attached hydrogen (secondary N) is 2. The molecule has 0 aliphatic carbocycles. The van der Waals surface area contributed by atoms with Gasteiger partial charge >= 0.3 is 6.03 Å². The molecule has 0 bridgehead atoms. The number of pyridine rings is 2. The molecule has 1 fully saturated rings. The summed E-state index contributed by atoms with van der Waals surface area (Å²) in [7, 11) is 2.15. The van der Waals surface area contributed by atoms with Gasteiger partial charge in [0.1, 0.15) is 18.5 Å². The summed E-state index contributed by atoms with van der Waals surface area (Å²) >= 11 is 0. The lowest BCUT2D eigenvalue weighted by molar-refractivity contribution is 0.251. The molecule has 2 amide bonds. The smallest absolute Gasteiger partial charge is 0.319 e. The van der Waals surface area contributed by atoms with Crippen LogP contribution in [0.1, 0.15) is 12.0 Å². The molecule has 0 spiro atoms. The summed E-state index contributed by atoms with van der Waals surface area (Å²) in [4.78, 5) is 29.5. The van der Waals surface area contributed by atoms with E-state index in [-0.39, 0.29) is 6.03 Å². The normalized spacial score (nSPS) is 14.9. The van der Waals surface area contributed by atoms with Crippen LogP contribution in [-0.2, 0) is 6.54 Å². The van der Waals surface area contributed by atoms with Crippen molar-refractivity contribution in [1.29, 1.82) is 0 Å². The molecule has 0 radical (unpaired) electrons. The van der Waals surface area contributed by atoms with Crippen molar-refractivity contribution in [2.75, 3.05) is 43.4 Å². The lowest BCUT2D eigenvalue weighted by Gasteiger charge is -2.21. The molecular formula is C20H25N9O. The molecule has 1 aliphatic heterocycles. The molecule has 1 saturated heterocycles. The quantitative estimate of drug-likeness (QED) is 0.661. The first-order valence-corrected chi connectivity index (χ1v) is 9.92. The van der Waals surface area contributed by atoms with Crippen LogP contribution in [0.25, 0.3) is 5.82 Å². The van der Waals surface area contributed by atoms with Gasteiger partial charge in [0.2, 0.25) is 0 Å². The van der Waals surface area contributed by atoms with E-state index >= 15 is 0 Å². The van der Waals surface area contributed by atoms with Crippen molar-refractivity contribution in [3.05, 3.63) is 54.9 Å². The van der Waals surface area contributed by atoms with E-state index < -0.39 is 0 Å². The van der Waals surface area contributed by atoms with E-state index in [0.717, 1.165) is 44.0 Å². The molecule has 30 heavy (non-hydrogen) atoms. The lowest BCUT2D eigenvalue weighted by Crippen LogP contribution is -2.30. The van der Waals surface area contributed by atoms with Crippen LogP contribution >= 0.6 is 0 Å². The molecule has 0 saturated carbocycles. The van der Waals surface area contributed by atoms with Gasteiger partial charge in [-0.1, -0.05) is 6.07 Å². The zero-order chi connectivity index (χ0) is 20.8. The molecule has 10 nitrogen and oxygen atoms in total. The number of carbonyl (C=O) groups is 1. The van der Waals surface area contributed by atoms with Crippen molar-refractivity contribution in [2.45, 2.75) is 13.0 Å². The number of aromatic nitrogens is 5. The first-order chi connectivity index (χ1) is 14.7. The average molecular weight is 407 g/mol. The Morgan fingerprint density at radius 2 is 1.90 bits per heavy atom. The van der Waals surface area contributed by atoms with Crippen molar-refractivity contribution in [1.82, 2.24) is 34.9 Å². The Balaban J connectivity index is 1.26. The maximum Gasteiger partial charge on any atom is 0.319 e. The van der Waals surface area contributed by atoms with Gasteiger partial charge in [0, 0.05) is 32.4 Å². The topological polar surface area (TPSA) is 104 Å². The lowest BCUT2D eigenvalue weighted by atomic mass is 10.2. The predicted octanol–water partition coefficient (Wildman–Crippen LogP) is 1.52. The Kier molecular flexibility index (Phi) is 6.14. The Hall–Kier alpha value is -3.53. The fourth-order valence-corrected chi connectivity index (χ4v) is 3.26. The summed E-state index contributed by atoms with van der Waals surface area (Å²) < 4.78 is 1.55. The molecule has 3 aromatic rings. The Labute approximate surface area is 175 Å². The zero-order valence-electron chi connectivity index (χ0n) is 16.9. The summed E-state index contributed by atoms with van der Waals surface area (Å²) in [6, 6.07) is 7.25. The van der Waals surface area contributed by atoms with Crippen molar-refractivity contribution in [3.8, 4) is 5.82 Å². The number of hydrogen-bond donors (Lipinski definition) is 2. The van der Waals surface area contributed by atoms with Gasteiger partial charge in [-0.25, -0.2) is 24.4 Å². The Morgan fingerprint density at radius 3 is 2.63 bits per heavy atom. The first kappa shape index (κ1) is 19.8. The molecule has 0 aromatic carbocycles. The highest BCUT2D eigenvalue weighted by atomic mass is 16.2. The van der Waals surface area contributed by atoms with Gasteiger partial charge in [0.25, 0.3) is 0 Å². The monoisotopic (exact) mass is 407 g/mol. The van der Waals surface area contributed by atoms with E-state index in [1.54, 1.807) is 29.3 Å². The number of likely N-dealkylation sites (N-methyl/N-ethyl adjacent to an activating group) is 1. The molecule has 0 unspecified atom stereocenters. The van der Waals surface area contributed by atoms with Crippen LogP contribution in [0.3, 0.4) is 0 Å². The van der Waals surface area contributed by atoms with Gasteiger partial charge in [-0.05, 0) is 43.8 Å². The van der Waals surface area contributed by atoms with E-state index in [1.807, 2.05) is 18.3 Å². The van der Waals surface area contributed by atoms with Crippen molar-refractivity contribution in [3.63, 3.8) is 0 Å². The van der Waals surface area contributed by atoms with Gasteiger partial charge in [0.05, 0.1) is 11.9 Å². The number of urea groups is 1. The Bertz CT molecular complexity index is 941. The second kappa shape index (κ2) is 9.31. The summed E-state index contributed by atoms with van der Waals surface area (Å²) in [5, 5.41) is 9.62. The molecule has 4 rings (SSSR count). The number of amides is 2. The number of hydrogen-bond acceptors (Lipinski definition) is 7. The maximum atomic E-state index is 12.2. The van der Waals surface area contributed by atoms with Crippen molar-refractivity contribution in [2.24, 2.45) is 0 Å². The highest BCUT2D eigenvalue weighted by molar-refractivity contribution is 5.89. The minimum atomic E-state index is -0.301. The second-order valence-electron chi connectivity index (χ2n) is 7.22. The van der Waals surface area contributed by atoms with Gasteiger partial charge in [-0.2, -0.15) is 5.10 Å². The third-order valence-corrected chi connectivity index (χ3v) is 4.96. The van der Waals surface area contributed by atoms with Crippen LogP contribution < -0.4 is 15.5 Å². The van der Waals surface area contributed by atoms with Crippen LogP contribution in [0.15, 0.2) is 49.3 Å².